The van der Waals surface area contributed by atoms with Gasteiger partial charge in [0.1, 0.15) is 24.4 Å². The van der Waals surface area contributed by atoms with Crippen molar-refractivity contribution in [1.29, 1.82) is 0 Å². The lowest BCUT2D eigenvalue weighted by Crippen LogP contribution is -2.60. The Morgan fingerprint density at radius 1 is 0.351 bits per heavy atom. The van der Waals surface area contributed by atoms with Gasteiger partial charge in [0.2, 0.25) is 5.91 Å². The van der Waals surface area contributed by atoms with E-state index < -0.39 is 49.5 Å². The summed E-state index contributed by atoms with van der Waals surface area (Å²) >= 11 is 0. The SMILES string of the molecule is CCCCCCC/C=C\C/C=C\C/C=C\CCCCCCCCCCCCCCCCCCCCCCCCCCCCC(=O)NC(COC1OC(CO)C(O)C(O)C1O)C(O)/C=C/CC/C=C/CCCCCCCCCCCCCCCCCCCCCCCCCCCCC. The number of hydrogen-bond donors (Lipinski definition) is 6. The normalized spacial score (nSPS) is 17.6. The van der Waals surface area contributed by atoms with E-state index in [4.69, 9.17) is 9.47 Å². The van der Waals surface area contributed by atoms with E-state index in [1.807, 2.05) is 6.08 Å². The van der Waals surface area contributed by atoms with Gasteiger partial charge < -0.3 is 40.3 Å². The fraction of sp³-hybridized carbons (Fsp3) is 0.875. The minimum Gasteiger partial charge on any atom is -0.394 e. The Balaban J connectivity index is 2.04. The molecule has 0 radical (unpaired) electrons. The van der Waals surface area contributed by atoms with Crippen molar-refractivity contribution in [3.8, 4) is 0 Å². The van der Waals surface area contributed by atoms with Crippen LogP contribution in [0.2, 0.25) is 0 Å². The van der Waals surface area contributed by atoms with E-state index in [9.17, 15) is 30.3 Å². The molecule has 0 aromatic rings. The number of allylic oxidation sites excluding steroid dienone is 9. The van der Waals surface area contributed by atoms with Gasteiger partial charge in [0.05, 0.1) is 25.4 Å². The van der Waals surface area contributed by atoms with Crippen molar-refractivity contribution in [3.63, 3.8) is 0 Å². The molecule has 0 aromatic heterocycles. The number of unbranched alkanes of at least 4 members (excludes halogenated alkanes) is 59. The van der Waals surface area contributed by atoms with Gasteiger partial charge >= 0.3 is 0 Å². The van der Waals surface area contributed by atoms with Gasteiger partial charge in [-0.1, -0.05) is 421 Å². The summed E-state index contributed by atoms with van der Waals surface area (Å²) in [5.74, 6) is -0.178. The topological polar surface area (TPSA) is 149 Å². The van der Waals surface area contributed by atoms with Crippen LogP contribution in [0.5, 0.6) is 0 Å². The van der Waals surface area contributed by atoms with Crippen LogP contribution in [0.4, 0.5) is 0 Å². The maximum Gasteiger partial charge on any atom is 0.220 e. The van der Waals surface area contributed by atoms with Gasteiger partial charge in [-0.15, -0.1) is 0 Å². The molecule has 7 atom stereocenters. The molecule has 0 spiro atoms. The monoisotopic (exact) mass is 1360 g/mol. The second-order valence-electron chi connectivity index (χ2n) is 30.0. The molecule has 1 fully saturated rings. The van der Waals surface area contributed by atoms with E-state index in [1.165, 1.54) is 366 Å². The maximum atomic E-state index is 13.2. The Hall–Kier alpha value is -2.11. The van der Waals surface area contributed by atoms with Gasteiger partial charge in [0.25, 0.3) is 0 Å². The number of ether oxygens (including phenoxy) is 2. The fourth-order valence-corrected chi connectivity index (χ4v) is 13.9. The third-order valence-electron chi connectivity index (χ3n) is 20.6. The molecule has 0 aromatic carbocycles. The van der Waals surface area contributed by atoms with Crippen molar-refractivity contribution in [1.82, 2.24) is 5.32 Å². The van der Waals surface area contributed by atoms with Gasteiger partial charge in [-0.3, -0.25) is 4.79 Å². The zero-order valence-electron chi connectivity index (χ0n) is 64.4. The molecule has 1 amide bonds. The van der Waals surface area contributed by atoms with Crippen LogP contribution in [0.25, 0.3) is 0 Å². The zero-order chi connectivity index (χ0) is 69.9. The Labute approximate surface area is 602 Å². The number of amides is 1. The predicted molar refractivity (Wildman–Crippen MR) is 419 cm³/mol. The van der Waals surface area contributed by atoms with Crippen LogP contribution in [0.15, 0.2) is 60.8 Å². The Morgan fingerprint density at radius 2 is 0.619 bits per heavy atom. The molecule has 97 heavy (non-hydrogen) atoms. The molecule has 0 bridgehead atoms. The number of nitrogens with one attached hydrogen (secondary N) is 1. The molecule has 1 saturated heterocycles. The largest absolute Gasteiger partial charge is 0.394 e. The highest BCUT2D eigenvalue weighted by Gasteiger charge is 2.44. The van der Waals surface area contributed by atoms with Crippen LogP contribution in [0, 0.1) is 0 Å². The van der Waals surface area contributed by atoms with Gasteiger partial charge in [0, 0.05) is 6.42 Å². The van der Waals surface area contributed by atoms with Crippen molar-refractivity contribution >= 4 is 5.91 Å². The van der Waals surface area contributed by atoms with Crippen LogP contribution in [0.3, 0.4) is 0 Å². The highest BCUT2D eigenvalue weighted by Crippen LogP contribution is 2.24. The molecule has 0 saturated carbocycles. The van der Waals surface area contributed by atoms with Crippen molar-refractivity contribution < 1.29 is 39.8 Å². The molecular formula is C88H165NO8. The van der Waals surface area contributed by atoms with Crippen molar-refractivity contribution in [2.45, 2.75) is 480 Å². The average Bonchev–Trinajstić information content (AvgIpc) is 0.854. The molecule has 6 N–H and O–H groups in total. The summed E-state index contributed by atoms with van der Waals surface area (Å²) < 4.78 is 11.3. The lowest BCUT2D eigenvalue weighted by Gasteiger charge is -2.40. The lowest BCUT2D eigenvalue weighted by molar-refractivity contribution is -0.302. The quantitative estimate of drug-likeness (QED) is 0.0261. The zero-order valence-corrected chi connectivity index (χ0v) is 64.4. The molecule has 1 aliphatic heterocycles. The standard InChI is InChI=1S/C88H165NO8/c1-3-5-7-9-11-13-15-17-19-21-23-25-27-29-31-33-35-37-38-39-40-41-42-43-44-46-48-50-52-54-56-58-60-62-64-66-68-70-72-74-76-78-84(92)89-81(80-96-88-87(95)86(94)85(93)83(79-90)97-88)82(91)77-75-73-71-69-67-65-63-61-59-57-55-53-51-49-47-45-36-34-32-30-28-26-24-22-20-18-16-14-12-10-8-6-4-2/h15,17,21,23,27,29,67,69,75,77,81-83,85-88,90-91,93-95H,3-14,16,18-20,22,24-26,28,30-66,68,70-74,76,78-80H2,1-2H3,(H,89,92)/b17-15-,23-21-,29-27-,69-67+,77-75+. The van der Waals surface area contributed by atoms with Crippen LogP contribution in [0.1, 0.15) is 438 Å². The number of aliphatic hydroxyl groups excluding tert-OH is 5. The minimum atomic E-state index is -1.57. The second kappa shape index (κ2) is 76.5. The summed E-state index contributed by atoms with van der Waals surface area (Å²) in [6, 6.07) is -0.824. The van der Waals surface area contributed by atoms with Gasteiger partial charge in [-0.05, 0) is 70.6 Å². The van der Waals surface area contributed by atoms with Gasteiger partial charge in [0.15, 0.2) is 6.29 Å². The van der Waals surface area contributed by atoms with E-state index in [0.29, 0.717) is 6.42 Å². The molecule has 1 aliphatic rings. The third kappa shape index (κ3) is 64.5. The van der Waals surface area contributed by atoms with Gasteiger partial charge in [-0.25, -0.2) is 0 Å². The molecule has 1 rings (SSSR count). The number of aliphatic hydroxyl groups is 5. The number of carbonyl (C=O) groups is 1. The molecule has 7 unspecified atom stereocenters. The number of carbonyl (C=O) groups excluding carboxylic acids is 1. The molecule has 9 nitrogen and oxygen atoms in total. The van der Waals surface area contributed by atoms with Crippen molar-refractivity contribution in [3.05, 3.63) is 60.8 Å². The molecule has 570 valence electrons. The van der Waals surface area contributed by atoms with Crippen LogP contribution in [-0.4, -0.2) is 87.5 Å². The summed E-state index contributed by atoms with van der Waals surface area (Å²) in [6.07, 6.45) is 101. The Bertz CT molecular complexity index is 1730. The molecule has 1 heterocycles. The van der Waals surface area contributed by atoms with E-state index in [-0.39, 0.29) is 12.5 Å². The summed E-state index contributed by atoms with van der Waals surface area (Å²) in [7, 11) is 0. The van der Waals surface area contributed by atoms with Crippen molar-refractivity contribution in [2.24, 2.45) is 0 Å². The second-order valence-corrected chi connectivity index (χ2v) is 30.0. The fourth-order valence-electron chi connectivity index (χ4n) is 13.9. The molecular weight excluding hydrogens is 1200 g/mol. The minimum absolute atomic E-state index is 0.178. The van der Waals surface area contributed by atoms with E-state index in [1.54, 1.807) is 6.08 Å². The van der Waals surface area contributed by atoms with E-state index in [0.717, 1.165) is 51.4 Å². The van der Waals surface area contributed by atoms with Crippen LogP contribution < -0.4 is 5.32 Å². The first kappa shape index (κ1) is 92.9. The smallest absolute Gasteiger partial charge is 0.220 e. The van der Waals surface area contributed by atoms with Crippen molar-refractivity contribution in [2.75, 3.05) is 13.2 Å². The Morgan fingerprint density at radius 3 is 0.938 bits per heavy atom. The summed E-state index contributed by atoms with van der Waals surface area (Å²) in [6.45, 7) is 3.81. The Kier molecular flexibility index (Phi) is 73.3. The summed E-state index contributed by atoms with van der Waals surface area (Å²) in [4.78, 5) is 13.2. The number of hydrogen-bond acceptors (Lipinski definition) is 8. The predicted octanol–water partition coefficient (Wildman–Crippen LogP) is 25.2. The number of rotatable bonds is 77. The van der Waals surface area contributed by atoms with Crippen LogP contribution >= 0.6 is 0 Å². The van der Waals surface area contributed by atoms with Crippen LogP contribution in [-0.2, 0) is 14.3 Å². The summed E-state index contributed by atoms with van der Waals surface area (Å²) in [5.41, 5.74) is 0. The molecule has 0 aliphatic carbocycles. The molecule has 9 heteroatoms. The van der Waals surface area contributed by atoms with E-state index in [2.05, 4.69) is 67.8 Å². The highest BCUT2D eigenvalue weighted by atomic mass is 16.7. The first-order valence-electron chi connectivity index (χ1n) is 43.0. The van der Waals surface area contributed by atoms with E-state index >= 15 is 0 Å². The lowest BCUT2D eigenvalue weighted by atomic mass is 9.99. The first-order valence-corrected chi connectivity index (χ1v) is 43.0. The van der Waals surface area contributed by atoms with Gasteiger partial charge in [-0.2, -0.15) is 0 Å². The maximum absolute atomic E-state index is 13.2. The third-order valence-corrected chi connectivity index (χ3v) is 20.6. The highest BCUT2D eigenvalue weighted by molar-refractivity contribution is 5.76. The average molecular weight is 1370 g/mol. The summed E-state index contributed by atoms with van der Waals surface area (Å²) in [5, 5.41) is 55.0. The first-order chi connectivity index (χ1) is 47.8.